The van der Waals surface area contributed by atoms with Crippen molar-refractivity contribution >= 4 is 44.4 Å². The molecule has 0 atom stereocenters. The first kappa shape index (κ1) is 21.7. The van der Waals surface area contributed by atoms with Crippen LogP contribution in [0.1, 0.15) is 5.56 Å². The zero-order valence-electron chi connectivity index (χ0n) is 17.7. The molecule has 1 aliphatic rings. The second-order valence-corrected chi connectivity index (χ2v) is 8.45. The number of amides is 1. The summed E-state index contributed by atoms with van der Waals surface area (Å²) in [5, 5.41) is 11.6. The molecule has 0 N–H and O–H groups in total. The number of likely N-dealkylation sites (N-methyl/N-ethyl adjacent to an activating group) is 1. The SMILES string of the molecule is CN(C)CCN(C(=O)C=Cc1cccc([N+](=O)[O-])c1)c1nc2cc3c(cc2s1)OCCO3. The van der Waals surface area contributed by atoms with Crippen molar-refractivity contribution in [2.75, 3.05) is 45.3 Å². The van der Waals surface area contributed by atoms with Crippen LogP contribution in [0.5, 0.6) is 11.5 Å². The highest BCUT2D eigenvalue weighted by Crippen LogP contribution is 2.38. The largest absolute Gasteiger partial charge is 0.486 e. The maximum Gasteiger partial charge on any atom is 0.270 e. The number of hydrogen-bond donors (Lipinski definition) is 0. The van der Waals surface area contributed by atoms with Crippen molar-refractivity contribution in [1.82, 2.24) is 9.88 Å². The highest BCUT2D eigenvalue weighted by atomic mass is 32.1. The molecule has 166 valence electrons. The van der Waals surface area contributed by atoms with Gasteiger partial charge in [0, 0.05) is 43.4 Å². The van der Waals surface area contributed by atoms with E-state index in [-0.39, 0.29) is 11.6 Å². The van der Waals surface area contributed by atoms with E-state index < -0.39 is 4.92 Å². The van der Waals surface area contributed by atoms with Gasteiger partial charge in [-0.25, -0.2) is 4.98 Å². The van der Waals surface area contributed by atoms with Crippen molar-refractivity contribution in [1.29, 1.82) is 0 Å². The number of nitro benzene ring substituents is 1. The Kier molecular flexibility index (Phi) is 6.33. The zero-order chi connectivity index (χ0) is 22.7. The number of benzene rings is 2. The molecule has 1 amide bonds. The van der Waals surface area contributed by atoms with Gasteiger partial charge < -0.3 is 14.4 Å². The normalized spacial score (nSPS) is 13.1. The van der Waals surface area contributed by atoms with E-state index in [4.69, 9.17) is 9.47 Å². The lowest BCUT2D eigenvalue weighted by molar-refractivity contribution is -0.384. The molecule has 4 rings (SSSR count). The number of ether oxygens (including phenoxy) is 2. The molecule has 0 saturated heterocycles. The molecule has 32 heavy (non-hydrogen) atoms. The molecule has 1 aromatic heterocycles. The zero-order valence-corrected chi connectivity index (χ0v) is 18.5. The van der Waals surface area contributed by atoms with Crippen molar-refractivity contribution in [2.45, 2.75) is 0 Å². The van der Waals surface area contributed by atoms with Gasteiger partial charge in [0.25, 0.3) is 11.6 Å². The Morgan fingerprint density at radius 1 is 1.19 bits per heavy atom. The minimum absolute atomic E-state index is 0.0244. The number of hydrogen-bond acceptors (Lipinski definition) is 8. The van der Waals surface area contributed by atoms with Gasteiger partial charge in [0.05, 0.1) is 15.1 Å². The molecule has 2 aromatic carbocycles. The summed E-state index contributed by atoms with van der Waals surface area (Å²) >= 11 is 1.40. The molecular formula is C22H22N4O5S. The van der Waals surface area contributed by atoms with E-state index in [2.05, 4.69) is 4.98 Å². The molecule has 0 bridgehead atoms. The summed E-state index contributed by atoms with van der Waals surface area (Å²) in [6.45, 7) is 2.08. The average Bonchev–Trinajstić information content (AvgIpc) is 3.18. The second kappa shape index (κ2) is 9.33. The summed E-state index contributed by atoms with van der Waals surface area (Å²) in [6, 6.07) is 9.86. The number of aromatic nitrogens is 1. The number of carbonyl (C=O) groups excluding carboxylic acids is 1. The van der Waals surface area contributed by atoms with E-state index in [0.717, 1.165) is 10.2 Å². The molecule has 0 aliphatic carbocycles. The molecule has 0 fully saturated rings. The Morgan fingerprint density at radius 3 is 2.66 bits per heavy atom. The van der Waals surface area contributed by atoms with Crippen molar-refractivity contribution in [3.05, 3.63) is 58.2 Å². The van der Waals surface area contributed by atoms with Crippen molar-refractivity contribution < 1.29 is 19.2 Å². The van der Waals surface area contributed by atoms with Crippen LogP contribution in [0.4, 0.5) is 10.8 Å². The maximum atomic E-state index is 13.1. The number of fused-ring (bicyclic) bond motifs is 2. The Hall–Kier alpha value is -3.50. The number of non-ortho nitro benzene ring substituents is 1. The van der Waals surface area contributed by atoms with Crippen molar-refractivity contribution in [3.8, 4) is 11.5 Å². The van der Waals surface area contributed by atoms with Gasteiger partial charge in [-0.1, -0.05) is 23.5 Å². The van der Waals surface area contributed by atoms with Gasteiger partial charge >= 0.3 is 0 Å². The molecule has 0 unspecified atom stereocenters. The average molecular weight is 455 g/mol. The van der Waals surface area contributed by atoms with E-state index in [9.17, 15) is 14.9 Å². The molecule has 9 nitrogen and oxygen atoms in total. The summed E-state index contributed by atoms with van der Waals surface area (Å²) in [6.07, 6.45) is 2.99. The van der Waals surface area contributed by atoms with Crippen LogP contribution in [0, 0.1) is 10.1 Å². The highest BCUT2D eigenvalue weighted by molar-refractivity contribution is 7.22. The molecule has 10 heteroatoms. The summed E-state index contributed by atoms with van der Waals surface area (Å²) in [4.78, 5) is 31.9. The van der Waals surface area contributed by atoms with Crippen LogP contribution in [-0.4, -0.2) is 61.1 Å². The van der Waals surface area contributed by atoms with Crippen LogP contribution >= 0.6 is 11.3 Å². The summed E-state index contributed by atoms with van der Waals surface area (Å²) in [7, 11) is 3.87. The molecule has 0 spiro atoms. The number of thiazole rings is 1. The van der Waals surface area contributed by atoms with E-state index in [1.54, 1.807) is 23.1 Å². The second-order valence-electron chi connectivity index (χ2n) is 7.44. The summed E-state index contributed by atoms with van der Waals surface area (Å²) in [5.74, 6) is 1.07. The minimum Gasteiger partial charge on any atom is -0.486 e. The van der Waals surface area contributed by atoms with Crippen LogP contribution in [-0.2, 0) is 4.79 Å². The number of nitro groups is 1. The fourth-order valence-electron chi connectivity index (χ4n) is 3.17. The van der Waals surface area contributed by atoms with Gasteiger partial charge in [0.2, 0.25) is 0 Å². The fourth-order valence-corrected chi connectivity index (χ4v) is 4.18. The lowest BCUT2D eigenvalue weighted by Crippen LogP contribution is -2.35. The third kappa shape index (κ3) is 4.87. The molecule has 2 heterocycles. The van der Waals surface area contributed by atoms with Crippen molar-refractivity contribution in [2.24, 2.45) is 0 Å². The fraction of sp³-hybridized carbons (Fsp3) is 0.273. The number of rotatable bonds is 7. The lowest BCUT2D eigenvalue weighted by Gasteiger charge is -2.20. The lowest BCUT2D eigenvalue weighted by atomic mass is 10.2. The molecule has 0 saturated carbocycles. The van der Waals surface area contributed by atoms with Gasteiger partial charge in [-0.15, -0.1) is 0 Å². The van der Waals surface area contributed by atoms with Crippen LogP contribution in [0.25, 0.3) is 16.3 Å². The Morgan fingerprint density at radius 2 is 1.94 bits per heavy atom. The minimum atomic E-state index is -0.462. The van der Waals surface area contributed by atoms with Gasteiger partial charge in [-0.3, -0.25) is 19.8 Å². The van der Waals surface area contributed by atoms with E-state index in [1.165, 1.54) is 29.5 Å². The predicted molar refractivity (Wildman–Crippen MR) is 124 cm³/mol. The third-order valence-corrected chi connectivity index (χ3v) is 5.85. The van der Waals surface area contributed by atoms with Crippen LogP contribution in [0.3, 0.4) is 0 Å². The standard InChI is InChI=1S/C22H22N4O5S/c1-24(2)8-9-25(21(27)7-6-15-4-3-5-16(12-15)26(28)29)22-23-17-13-18-19(14-20(17)32-22)31-11-10-30-18/h3-7,12-14H,8-11H2,1-2H3. The molecular weight excluding hydrogens is 432 g/mol. The third-order valence-electron chi connectivity index (χ3n) is 4.81. The van der Waals surface area contributed by atoms with E-state index in [0.29, 0.717) is 48.5 Å². The number of nitrogens with zero attached hydrogens (tertiary/aromatic N) is 4. The first-order valence-corrected chi connectivity index (χ1v) is 10.8. The van der Waals surface area contributed by atoms with Crippen LogP contribution in [0.15, 0.2) is 42.5 Å². The van der Waals surface area contributed by atoms with Gasteiger partial charge in [0.1, 0.15) is 13.2 Å². The maximum absolute atomic E-state index is 13.1. The van der Waals surface area contributed by atoms with Crippen LogP contribution in [0.2, 0.25) is 0 Å². The molecule has 1 aliphatic heterocycles. The van der Waals surface area contributed by atoms with Gasteiger partial charge in [-0.05, 0) is 25.7 Å². The smallest absolute Gasteiger partial charge is 0.270 e. The summed E-state index contributed by atoms with van der Waals surface area (Å²) < 4.78 is 12.2. The number of anilines is 1. The van der Waals surface area contributed by atoms with E-state index in [1.807, 2.05) is 31.1 Å². The topological polar surface area (TPSA) is 98.0 Å². The Bertz CT molecular complexity index is 1150. The predicted octanol–water partition coefficient (Wildman–Crippen LogP) is 3.58. The Labute approximate surface area is 188 Å². The summed E-state index contributed by atoms with van der Waals surface area (Å²) in [5.41, 5.74) is 1.29. The monoisotopic (exact) mass is 454 g/mol. The van der Waals surface area contributed by atoms with Crippen LogP contribution < -0.4 is 14.4 Å². The first-order chi connectivity index (χ1) is 15.4. The molecule has 3 aromatic rings. The Balaban J connectivity index is 1.62. The van der Waals surface area contributed by atoms with Gasteiger partial charge in [-0.2, -0.15) is 0 Å². The number of carbonyl (C=O) groups is 1. The van der Waals surface area contributed by atoms with Crippen molar-refractivity contribution in [3.63, 3.8) is 0 Å². The van der Waals surface area contributed by atoms with Gasteiger partial charge in [0.15, 0.2) is 16.6 Å². The molecule has 0 radical (unpaired) electrons. The highest BCUT2D eigenvalue weighted by Gasteiger charge is 2.21. The first-order valence-electron chi connectivity index (χ1n) is 9.99. The quantitative estimate of drug-likeness (QED) is 0.306. The van der Waals surface area contributed by atoms with E-state index >= 15 is 0 Å².